The fraction of sp³-hybridized carbons (Fsp3) is 0.375. The van der Waals surface area contributed by atoms with Gasteiger partial charge in [0.25, 0.3) is 0 Å². The molecule has 1 rings (SSSR count). The van der Waals surface area contributed by atoms with Gasteiger partial charge in [-0.2, -0.15) is 0 Å². The molecule has 0 aromatic carbocycles. The first-order valence-corrected chi connectivity index (χ1v) is 3.88. The SMILES string of the molecule is CC(O)C(Cl)c1ccccn1. The Labute approximate surface area is 70.8 Å². The number of aliphatic hydroxyl groups excluding tert-OH is 1. The highest BCUT2D eigenvalue weighted by molar-refractivity contribution is 6.21. The zero-order chi connectivity index (χ0) is 8.27. The van der Waals surface area contributed by atoms with Crippen LogP contribution >= 0.6 is 11.6 Å². The normalized spacial score (nSPS) is 15.9. The summed E-state index contributed by atoms with van der Waals surface area (Å²) in [5, 5.41) is 8.70. The Balaban J connectivity index is 2.77. The summed E-state index contributed by atoms with van der Waals surface area (Å²) >= 11 is 5.83. The molecule has 1 aromatic rings. The minimum absolute atomic E-state index is 0.406. The maximum atomic E-state index is 9.10. The second-order valence-corrected chi connectivity index (χ2v) is 2.87. The van der Waals surface area contributed by atoms with Gasteiger partial charge in [-0.3, -0.25) is 4.98 Å². The number of aliphatic hydroxyl groups is 1. The molecule has 2 unspecified atom stereocenters. The van der Waals surface area contributed by atoms with Crippen molar-refractivity contribution in [3.63, 3.8) is 0 Å². The van der Waals surface area contributed by atoms with E-state index in [4.69, 9.17) is 16.7 Å². The number of aromatic nitrogens is 1. The molecule has 2 atom stereocenters. The zero-order valence-corrected chi connectivity index (χ0v) is 6.99. The lowest BCUT2D eigenvalue weighted by Gasteiger charge is -2.10. The fourth-order valence-electron chi connectivity index (χ4n) is 0.786. The maximum Gasteiger partial charge on any atom is 0.101 e. The van der Waals surface area contributed by atoms with Crippen LogP contribution in [0.5, 0.6) is 0 Å². The first-order valence-electron chi connectivity index (χ1n) is 3.45. The molecular weight excluding hydrogens is 162 g/mol. The second-order valence-electron chi connectivity index (χ2n) is 2.40. The van der Waals surface area contributed by atoms with Gasteiger partial charge in [-0.25, -0.2) is 0 Å². The third-order valence-corrected chi connectivity index (χ3v) is 1.98. The van der Waals surface area contributed by atoms with E-state index in [1.165, 1.54) is 0 Å². The first kappa shape index (κ1) is 8.50. The number of pyridine rings is 1. The predicted molar refractivity (Wildman–Crippen MR) is 44.5 cm³/mol. The molecule has 0 spiro atoms. The van der Waals surface area contributed by atoms with E-state index in [1.807, 2.05) is 12.1 Å². The van der Waals surface area contributed by atoms with Crippen LogP contribution in [0.25, 0.3) is 0 Å². The molecule has 3 heteroatoms. The van der Waals surface area contributed by atoms with Gasteiger partial charge in [0, 0.05) is 6.20 Å². The van der Waals surface area contributed by atoms with Crippen LogP contribution in [0.1, 0.15) is 18.0 Å². The van der Waals surface area contributed by atoms with Gasteiger partial charge in [0.1, 0.15) is 5.38 Å². The number of rotatable bonds is 2. The molecule has 11 heavy (non-hydrogen) atoms. The first-order chi connectivity index (χ1) is 5.22. The summed E-state index contributed by atoms with van der Waals surface area (Å²) in [7, 11) is 0. The monoisotopic (exact) mass is 171 g/mol. The molecule has 0 saturated heterocycles. The van der Waals surface area contributed by atoms with E-state index in [2.05, 4.69) is 4.98 Å². The van der Waals surface area contributed by atoms with Crippen LogP contribution in [0, 0.1) is 0 Å². The molecule has 0 radical (unpaired) electrons. The van der Waals surface area contributed by atoms with Crippen molar-refractivity contribution in [1.29, 1.82) is 0 Å². The van der Waals surface area contributed by atoms with Gasteiger partial charge in [0.05, 0.1) is 11.8 Å². The summed E-state index contributed by atoms with van der Waals surface area (Å²) in [4.78, 5) is 4.01. The van der Waals surface area contributed by atoms with Crippen molar-refractivity contribution in [2.45, 2.75) is 18.4 Å². The van der Waals surface area contributed by atoms with E-state index in [0.29, 0.717) is 5.69 Å². The van der Waals surface area contributed by atoms with Crippen molar-refractivity contribution in [2.75, 3.05) is 0 Å². The third-order valence-electron chi connectivity index (χ3n) is 1.39. The number of hydrogen-bond donors (Lipinski definition) is 1. The van der Waals surface area contributed by atoms with E-state index < -0.39 is 11.5 Å². The number of nitrogens with zero attached hydrogens (tertiary/aromatic N) is 1. The lowest BCUT2D eigenvalue weighted by Crippen LogP contribution is -2.09. The van der Waals surface area contributed by atoms with E-state index >= 15 is 0 Å². The van der Waals surface area contributed by atoms with Gasteiger partial charge >= 0.3 is 0 Å². The van der Waals surface area contributed by atoms with E-state index in [9.17, 15) is 0 Å². The third kappa shape index (κ3) is 2.17. The summed E-state index contributed by atoms with van der Waals surface area (Å²) in [5.74, 6) is 0. The van der Waals surface area contributed by atoms with Crippen LogP contribution < -0.4 is 0 Å². The van der Waals surface area contributed by atoms with E-state index in [-0.39, 0.29) is 0 Å². The Morgan fingerprint density at radius 3 is 2.73 bits per heavy atom. The zero-order valence-electron chi connectivity index (χ0n) is 6.24. The Hall–Kier alpha value is -0.600. The lowest BCUT2D eigenvalue weighted by molar-refractivity contribution is 0.188. The summed E-state index contributed by atoms with van der Waals surface area (Å²) < 4.78 is 0. The minimum atomic E-state index is -0.563. The fourth-order valence-corrected chi connectivity index (χ4v) is 0.915. The van der Waals surface area contributed by atoms with Crippen molar-refractivity contribution in [3.05, 3.63) is 30.1 Å². The molecule has 0 aliphatic rings. The Morgan fingerprint density at radius 2 is 2.27 bits per heavy atom. The molecule has 1 N–H and O–H groups in total. The molecule has 2 nitrogen and oxygen atoms in total. The molecule has 0 aliphatic carbocycles. The average Bonchev–Trinajstić information content (AvgIpc) is 2.05. The lowest BCUT2D eigenvalue weighted by atomic mass is 10.2. The van der Waals surface area contributed by atoms with Crippen molar-refractivity contribution in [3.8, 4) is 0 Å². The molecule has 0 aliphatic heterocycles. The van der Waals surface area contributed by atoms with Crippen LogP contribution in [-0.4, -0.2) is 16.2 Å². The van der Waals surface area contributed by atoms with Crippen LogP contribution in [0.15, 0.2) is 24.4 Å². The summed E-state index contributed by atoms with van der Waals surface area (Å²) in [6, 6.07) is 5.46. The number of halogens is 1. The average molecular weight is 172 g/mol. The molecule has 1 heterocycles. The molecule has 60 valence electrons. The van der Waals surface area contributed by atoms with E-state index in [1.54, 1.807) is 19.2 Å². The molecular formula is C8H10ClNO. The highest BCUT2D eigenvalue weighted by Gasteiger charge is 2.13. The van der Waals surface area contributed by atoms with Crippen LogP contribution in [-0.2, 0) is 0 Å². The molecule has 0 fully saturated rings. The standard InChI is InChI=1S/C8H10ClNO/c1-6(11)8(9)7-4-2-3-5-10-7/h2-6,8,11H,1H3. The molecule has 1 aromatic heterocycles. The van der Waals surface area contributed by atoms with E-state index in [0.717, 1.165) is 0 Å². The molecule has 0 amide bonds. The van der Waals surface area contributed by atoms with Crippen molar-refractivity contribution < 1.29 is 5.11 Å². The highest BCUT2D eigenvalue weighted by atomic mass is 35.5. The Kier molecular flexibility index (Phi) is 2.85. The highest BCUT2D eigenvalue weighted by Crippen LogP contribution is 2.21. The van der Waals surface area contributed by atoms with Gasteiger partial charge in [0.15, 0.2) is 0 Å². The van der Waals surface area contributed by atoms with Crippen molar-refractivity contribution >= 4 is 11.6 Å². The molecule has 0 bridgehead atoms. The van der Waals surface area contributed by atoms with Crippen LogP contribution in [0.2, 0.25) is 0 Å². The number of hydrogen-bond acceptors (Lipinski definition) is 2. The molecule has 0 saturated carbocycles. The van der Waals surface area contributed by atoms with Gasteiger partial charge < -0.3 is 5.11 Å². The van der Waals surface area contributed by atoms with Crippen LogP contribution in [0.4, 0.5) is 0 Å². The van der Waals surface area contributed by atoms with Gasteiger partial charge in [-0.15, -0.1) is 11.6 Å². The Bertz CT molecular complexity index is 213. The van der Waals surface area contributed by atoms with Crippen molar-refractivity contribution in [2.24, 2.45) is 0 Å². The summed E-state index contributed by atoms with van der Waals surface area (Å²) in [6.45, 7) is 1.65. The predicted octanol–water partition coefficient (Wildman–Crippen LogP) is 1.74. The summed E-state index contributed by atoms with van der Waals surface area (Å²) in [5.41, 5.74) is 0.712. The maximum absolute atomic E-state index is 9.10. The van der Waals surface area contributed by atoms with Crippen LogP contribution in [0.3, 0.4) is 0 Å². The topological polar surface area (TPSA) is 33.1 Å². The minimum Gasteiger partial charge on any atom is -0.391 e. The number of alkyl halides is 1. The summed E-state index contributed by atoms with van der Waals surface area (Å²) in [6.07, 6.45) is 1.10. The smallest absolute Gasteiger partial charge is 0.101 e. The Morgan fingerprint density at radius 1 is 1.55 bits per heavy atom. The van der Waals surface area contributed by atoms with Gasteiger partial charge in [-0.1, -0.05) is 6.07 Å². The largest absolute Gasteiger partial charge is 0.391 e. The quantitative estimate of drug-likeness (QED) is 0.688. The van der Waals surface area contributed by atoms with Crippen molar-refractivity contribution in [1.82, 2.24) is 4.98 Å². The van der Waals surface area contributed by atoms with Gasteiger partial charge in [-0.05, 0) is 19.1 Å². The van der Waals surface area contributed by atoms with Gasteiger partial charge in [0.2, 0.25) is 0 Å². The second kappa shape index (κ2) is 3.69.